The van der Waals surface area contributed by atoms with Gasteiger partial charge in [0.15, 0.2) is 11.5 Å². The van der Waals surface area contributed by atoms with Gasteiger partial charge in [0.25, 0.3) is 0 Å². The third-order valence-electron chi connectivity index (χ3n) is 5.64. The first-order valence-corrected chi connectivity index (χ1v) is 9.24. The lowest BCUT2D eigenvalue weighted by Crippen LogP contribution is -2.57. The molecule has 1 aliphatic carbocycles. The molecule has 0 unspecified atom stereocenters. The van der Waals surface area contributed by atoms with E-state index >= 15 is 0 Å². The number of carbonyl (C=O) groups excluding carboxylic acids is 2. The first-order valence-electron chi connectivity index (χ1n) is 9.24. The molecule has 1 saturated heterocycles. The number of hydrogen-bond donors (Lipinski definition) is 2. The summed E-state index contributed by atoms with van der Waals surface area (Å²) in [5, 5.41) is 12.4. The van der Waals surface area contributed by atoms with Gasteiger partial charge >= 0.3 is 5.97 Å². The Morgan fingerprint density at radius 1 is 1.15 bits per heavy atom. The number of nitrogens with zero attached hydrogens (tertiary/aromatic N) is 1. The minimum Gasteiger partial charge on any atom is -0.480 e. The number of aliphatic carboxylic acids is 1. The highest BCUT2D eigenvalue weighted by Gasteiger charge is 2.44. The molecule has 2 fully saturated rings. The Morgan fingerprint density at radius 2 is 1.89 bits per heavy atom. The second-order valence-corrected chi connectivity index (χ2v) is 7.38. The molecule has 1 aromatic rings. The zero-order valence-electron chi connectivity index (χ0n) is 14.9. The Hall–Kier alpha value is -2.77. The lowest BCUT2D eigenvalue weighted by Gasteiger charge is -2.34. The van der Waals surface area contributed by atoms with Gasteiger partial charge in [-0.3, -0.25) is 9.59 Å². The van der Waals surface area contributed by atoms with E-state index in [9.17, 15) is 19.5 Å². The smallest absolute Gasteiger partial charge is 0.329 e. The quantitative estimate of drug-likeness (QED) is 0.831. The normalized spacial score (nSPS) is 23.3. The van der Waals surface area contributed by atoms with Crippen LogP contribution in [-0.2, 0) is 14.4 Å². The molecule has 0 aromatic heterocycles. The van der Waals surface area contributed by atoms with Gasteiger partial charge < -0.3 is 24.8 Å². The first kappa shape index (κ1) is 17.6. The molecule has 1 atom stereocenters. The standard InChI is InChI=1S/C19H22N2O6/c22-16-8-12(17(23)20-19(18(24)25)6-2-1-3-7-19)10-21(16)13-4-5-14-15(9-13)27-11-26-14/h4-5,9,12H,1-3,6-8,10-11H2,(H,20,23)(H,24,25)/t12-/m0/s1. The van der Waals surface area contributed by atoms with E-state index < -0.39 is 17.4 Å². The van der Waals surface area contributed by atoms with Crippen molar-refractivity contribution in [3.63, 3.8) is 0 Å². The number of carbonyl (C=O) groups is 3. The average molecular weight is 374 g/mol. The molecule has 0 radical (unpaired) electrons. The van der Waals surface area contributed by atoms with Crippen molar-refractivity contribution >= 4 is 23.5 Å². The van der Waals surface area contributed by atoms with E-state index in [0.29, 0.717) is 30.0 Å². The molecule has 2 amide bonds. The summed E-state index contributed by atoms with van der Waals surface area (Å²) < 4.78 is 10.6. The third kappa shape index (κ3) is 3.20. The zero-order chi connectivity index (χ0) is 19.0. The van der Waals surface area contributed by atoms with Crippen molar-refractivity contribution in [3.8, 4) is 11.5 Å². The second-order valence-electron chi connectivity index (χ2n) is 7.38. The topological polar surface area (TPSA) is 105 Å². The number of carboxylic acid groups (broad SMARTS) is 1. The summed E-state index contributed by atoms with van der Waals surface area (Å²) in [4.78, 5) is 38.5. The van der Waals surface area contributed by atoms with Crippen molar-refractivity contribution in [2.75, 3.05) is 18.2 Å². The predicted molar refractivity (Wildman–Crippen MR) is 94.6 cm³/mol. The van der Waals surface area contributed by atoms with Gasteiger partial charge in [-0.05, 0) is 25.0 Å². The Labute approximate surface area is 156 Å². The first-order chi connectivity index (χ1) is 13.0. The lowest BCUT2D eigenvalue weighted by molar-refractivity contribution is -0.149. The molecule has 0 spiro atoms. The number of amides is 2. The van der Waals surface area contributed by atoms with Gasteiger partial charge in [0, 0.05) is 24.7 Å². The van der Waals surface area contributed by atoms with Crippen LogP contribution >= 0.6 is 0 Å². The predicted octanol–water partition coefficient (Wildman–Crippen LogP) is 1.67. The number of carboxylic acids is 1. The van der Waals surface area contributed by atoms with E-state index in [4.69, 9.17) is 9.47 Å². The molecule has 8 nitrogen and oxygen atoms in total. The average Bonchev–Trinajstić information content (AvgIpc) is 3.28. The van der Waals surface area contributed by atoms with Crippen LogP contribution in [0.5, 0.6) is 11.5 Å². The van der Waals surface area contributed by atoms with Crippen LogP contribution in [0.4, 0.5) is 5.69 Å². The highest BCUT2D eigenvalue weighted by atomic mass is 16.7. The van der Waals surface area contributed by atoms with Crippen LogP contribution in [0.3, 0.4) is 0 Å². The van der Waals surface area contributed by atoms with Gasteiger partial charge in [-0.2, -0.15) is 0 Å². The molecule has 27 heavy (non-hydrogen) atoms. The fraction of sp³-hybridized carbons (Fsp3) is 0.526. The van der Waals surface area contributed by atoms with Crippen molar-refractivity contribution < 1.29 is 29.0 Å². The summed E-state index contributed by atoms with van der Waals surface area (Å²) in [7, 11) is 0. The van der Waals surface area contributed by atoms with Crippen LogP contribution in [0.15, 0.2) is 18.2 Å². The number of hydrogen-bond acceptors (Lipinski definition) is 5. The second kappa shape index (κ2) is 6.75. The lowest BCUT2D eigenvalue weighted by atomic mass is 9.81. The van der Waals surface area contributed by atoms with Crippen LogP contribution in [0.1, 0.15) is 38.5 Å². The monoisotopic (exact) mass is 374 g/mol. The largest absolute Gasteiger partial charge is 0.480 e. The molecule has 2 N–H and O–H groups in total. The molecule has 1 aromatic carbocycles. The molecular formula is C19H22N2O6. The summed E-state index contributed by atoms with van der Waals surface area (Å²) in [6.45, 7) is 0.370. The number of ether oxygens (including phenoxy) is 2. The van der Waals surface area contributed by atoms with E-state index in [-0.39, 0.29) is 31.6 Å². The number of rotatable bonds is 4. The molecule has 8 heteroatoms. The van der Waals surface area contributed by atoms with Gasteiger partial charge in [-0.15, -0.1) is 0 Å². The van der Waals surface area contributed by atoms with Gasteiger partial charge in [-0.1, -0.05) is 19.3 Å². The molecule has 2 heterocycles. The summed E-state index contributed by atoms with van der Waals surface area (Å²) in [5.74, 6) is -0.896. The highest BCUT2D eigenvalue weighted by molar-refractivity contribution is 6.01. The molecule has 144 valence electrons. The fourth-order valence-electron chi connectivity index (χ4n) is 4.07. The van der Waals surface area contributed by atoms with E-state index in [2.05, 4.69) is 5.32 Å². The molecule has 3 aliphatic rings. The summed E-state index contributed by atoms with van der Waals surface area (Å²) >= 11 is 0. The van der Waals surface area contributed by atoms with E-state index in [1.807, 2.05) is 0 Å². The Morgan fingerprint density at radius 3 is 2.63 bits per heavy atom. The van der Waals surface area contributed by atoms with Crippen LogP contribution in [-0.4, -0.2) is 41.8 Å². The summed E-state index contributed by atoms with van der Waals surface area (Å²) in [6.07, 6.45) is 3.46. The van der Waals surface area contributed by atoms with Crippen molar-refractivity contribution in [3.05, 3.63) is 18.2 Å². The van der Waals surface area contributed by atoms with Gasteiger partial charge in [0.2, 0.25) is 18.6 Å². The van der Waals surface area contributed by atoms with Crippen molar-refractivity contribution in [2.45, 2.75) is 44.1 Å². The van der Waals surface area contributed by atoms with Gasteiger partial charge in [0.05, 0.1) is 5.92 Å². The van der Waals surface area contributed by atoms with E-state index in [0.717, 1.165) is 19.3 Å². The summed E-state index contributed by atoms with van der Waals surface area (Å²) in [6, 6.07) is 5.21. The van der Waals surface area contributed by atoms with Crippen LogP contribution in [0.2, 0.25) is 0 Å². The van der Waals surface area contributed by atoms with Crippen LogP contribution in [0.25, 0.3) is 0 Å². The molecule has 2 aliphatic heterocycles. The maximum Gasteiger partial charge on any atom is 0.329 e. The molecular weight excluding hydrogens is 352 g/mol. The fourth-order valence-corrected chi connectivity index (χ4v) is 4.07. The van der Waals surface area contributed by atoms with Gasteiger partial charge in [-0.25, -0.2) is 4.79 Å². The third-order valence-corrected chi connectivity index (χ3v) is 5.64. The molecule has 1 saturated carbocycles. The number of anilines is 1. The molecule has 0 bridgehead atoms. The van der Waals surface area contributed by atoms with Crippen molar-refractivity contribution in [2.24, 2.45) is 5.92 Å². The number of fused-ring (bicyclic) bond motifs is 1. The SMILES string of the molecule is O=C(NC1(C(=O)O)CCCCC1)[C@H]1CC(=O)N(c2ccc3c(c2)OCO3)C1. The maximum atomic E-state index is 12.7. The van der Waals surface area contributed by atoms with Crippen molar-refractivity contribution in [1.82, 2.24) is 5.32 Å². The van der Waals surface area contributed by atoms with Crippen molar-refractivity contribution in [1.29, 1.82) is 0 Å². The van der Waals surface area contributed by atoms with Crippen LogP contribution < -0.4 is 19.7 Å². The summed E-state index contributed by atoms with van der Waals surface area (Å²) in [5.41, 5.74) is -0.560. The van der Waals surface area contributed by atoms with E-state index in [1.54, 1.807) is 23.1 Å². The molecule has 4 rings (SSSR count). The number of nitrogens with one attached hydrogen (secondary N) is 1. The number of benzene rings is 1. The van der Waals surface area contributed by atoms with E-state index in [1.165, 1.54) is 0 Å². The minimum atomic E-state index is -1.20. The Balaban J connectivity index is 1.47. The Bertz CT molecular complexity index is 786. The zero-order valence-corrected chi connectivity index (χ0v) is 14.9. The maximum absolute atomic E-state index is 12.7. The Kier molecular flexibility index (Phi) is 4.41. The minimum absolute atomic E-state index is 0.0655. The van der Waals surface area contributed by atoms with Crippen LogP contribution in [0, 0.1) is 5.92 Å². The highest BCUT2D eigenvalue weighted by Crippen LogP contribution is 2.37. The van der Waals surface area contributed by atoms with Gasteiger partial charge in [0.1, 0.15) is 5.54 Å².